The molecule has 0 saturated carbocycles. The van der Waals surface area contributed by atoms with Crippen molar-refractivity contribution in [3.63, 3.8) is 0 Å². The van der Waals surface area contributed by atoms with Gasteiger partial charge in [-0.05, 0) is 109 Å². The molecular weight excluding hydrogens is 779 g/mol. The van der Waals surface area contributed by atoms with Gasteiger partial charge in [0.2, 0.25) is 0 Å². The fraction of sp³-hybridized carbons (Fsp3) is 0.0164. The fourth-order valence-electron chi connectivity index (χ4n) is 10.9. The molecule has 0 fully saturated rings. The first kappa shape index (κ1) is 35.9. The molecule has 1 aromatic heterocycles. The smallest absolute Gasteiger partial charge is 0.0726 e. The molecule has 2 heteroatoms. The first-order chi connectivity index (χ1) is 31.3. The summed E-state index contributed by atoms with van der Waals surface area (Å²) in [4.78, 5) is 2.51. The summed E-state index contributed by atoms with van der Waals surface area (Å²) in [6.45, 7) is 0. The Morgan fingerprint density at radius 2 is 0.746 bits per heavy atom. The second-order valence-electron chi connectivity index (χ2n) is 16.7. The van der Waals surface area contributed by atoms with Crippen molar-refractivity contribution in [2.45, 2.75) is 5.41 Å². The van der Waals surface area contributed by atoms with Crippen LogP contribution in [0, 0.1) is 0 Å². The third-order valence-corrected chi connectivity index (χ3v) is 14.6. The highest BCUT2D eigenvalue weighted by molar-refractivity contribution is 7.25. The van der Waals surface area contributed by atoms with Crippen LogP contribution in [-0.2, 0) is 5.41 Å². The van der Waals surface area contributed by atoms with Gasteiger partial charge in [-0.1, -0.05) is 194 Å². The third kappa shape index (κ3) is 5.29. The first-order valence-electron chi connectivity index (χ1n) is 21.8. The normalized spacial score (nSPS) is 14.4. The van der Waals surface area contributed by atoms with Crippen molar-refractivity contribution >= 4 is 48.6 Å². The number of hydrogen-bond donors (Lipinski definition) is 0. The van der Waals surface area contributed by atoms with E-state index in [1.165, 1.54) is 98.1 Å². The van der Waals surface area contributed by atoms with Crippen LogP contribution in [-0.4, -0.2) is 0 Å². The lowest BCUT2D eigenvalue weighted by Gasteiger charge is -2.37. The van der Waals surface area contributed by atoms with E-state index >= 15 is 0 Å². The summed E-state index contributed by atoms with van der Waals surface area (Å²) in [6, 6.07) is 88.1. The van der Waals surface area contributed by atoms with Gasteiger partial charge >= 0.3 is 0 Å². The Kier molecular flexibility index (Phi) is 8.06. The van der Waals surface area contributed by atoms with Crippen molar-refractivity contribution in [2.24, 2.45) is 0 Å². The predicted molar refractivity (Wildman–Crippen MR) is 267 cm³/mol. The Morgan fingerprint density at radius 1 is 0.286 bits per heavy atom. The van der Waals surface area contributed by atoms with Gasteiger partial charge in [-0.15, -0.1) is 11.3 Å². The van der Waals surface area contributed by atoms with Crippen LogP contribution in [0.4, 0.5) is 17.1 Å². The minimum atomic E-state index is -0.638. The summed E-state index contributed by atoms with van der Waals surface area (Å²) in [5, 5.41) is 2.64. The number of nitrogens with zero attached hydrogens (tertiary/aromatic N) is 1. The van der Waals surface area contributed by atoms with E-state index in [2.05, 4.69) is 241 Å². The predicted octanol–water partition coefficient (Wildman–Crippen LogP) is 16.9. The summed E-state index contributed by atoms with van der Waals surface area (Å²) < 4.78 is 2.63. The summed E-state index contributed by atoms with van der Waals surface area (Å²) >= 11 is 1.90. The van der Waals surface area contributed by atoms with Crippen molar-refractivity contribution in [1.29, 1.82) is 0 Å². The second-order valence-corrected chi connectivity index (χ2v) is 17.8. The number of fused-ring (bicyclic) bond motifs is 15. The van der Waals surface area contributed by atoms with E-state index < -0.39 is 5.41 Å². The van der Waals surface area contributed by atoms with Crippen LogP contribution >= 0.6 is 11.3 Å². The van der Waals surface area contributed by atoms with Gasteiger partial charge in [0, 0.05) is 37.0 Å². The summed E-state index contributed by atoms with van der Waals surface area (Å²) in [6.07, 6.45) is 0. The highest BCUT2D eigenvalue weighted by Gasteiger charge is 2.50. The number of anilines is 3. The van der Waals surface area contributed by atoms with Crippen LogP contribution in [0.3, 0.4) is 0 Å². The van der Waals surface area contributed by atoms with Gasteiger partial charge in [0.15, 0.2) is 0 Å². The molecule has 1 spiro atoms. The standard InChI is InChI=1S/C61H39NS/c1-3-19-40(20-4-1)43-23-11-16-32-57(43)62(58-33-17-12-24-44(58)41-21-5-2-6-22-41)42-35-36-49-46-26-8-7-25-45(46)47-27-9-14-30-53(47)61(55(49)37-42)54-31-15-10-28-48(54)51-38-52-50-29-13-18-34-59(50)63-60(52)39-56(51)61/h1-39H. The van der Waals surface area contributed by atoms with Gasteiger partial charge in [-0.25, -0.2) is 0 Å². The maximum Gasteiger partial charge on any atom is 0.0726 e. The molecule has 1 nitrogen and oxygen atoms in total. The molecule has 0 bridgehead atoms. The minimum Gasteiger partial charge on any atom is -0.309 e. The molecule has 63 heavy (non-hydrogen) atoms. The topological polar surface area (TPSA) is 3.24 Å². The molecule has 1 unspecified atom stereocenters. The Labute approximate surface area is 371 Å². The molecule has 294 valence electrons. The van der Waals surface area contributed by atoms with Gasteiger partial charge in [0.1, 0.15) is 0 Å². The van der Waals surface area contributed by atoms with Crippen LogP contribution in [0.5, 0.6) is 0 Å². The van der Waals surface area contributed by atoms with E-state index in [1.807, 2.05) is 11.3 Å². The first-order valence-corrected chi connectivity index (χ1v) is 22.6. The van der Waals surface area contributed by atoms with Gasteiger partial charge in [-0.2, -0.15) is 0 Å². The van der Waals surface area contributed by atoms with E-state index in [-0.39, 0.29) is 0 Å². The van der Waals surface area contributed by atoms with Crippen molar-refractivity contribution < 1.29 is 0 Å². The molecule has 0 aliphatic heterocycles. The van der Waals surface area contributed by atoms with Crippen LogP contribution in [0.2, 0.25) is 0 Å². The van der Waals surface area contributed by atoms with Crippen LogP contribution < -0.4 is 4.90 Å². The van der Waals surface area contributed by atoms with Gasteiger partial charge in [0.05, 0.1) is 16.8 Å². The molecule has 0 N–H and O–H groups in total. The van der Waals surface area contributed by atoms with Gasteiger partial charge < -0.3 is 4.90 Å². The zero-order chi connectivity index (χ0) is 41.5. The molecule has 0 radical (unpaired) electrons. The van der Waals surface area contributed by atoms with Crippen molar-refractivity contribution in [3.8, 4) is 55.6 Å². The summed E-state index contributed by atoms with van der Waals surface area (Å²) in [7, 11) is 0. The summed E-state index contributed by atoms with van der Waals surface area (Å²) in [5.74, 6) is 0. The summed E-state index contributed by atoms with van der Waals surface area (Å²) in [5.41, 5.74) is 20.3. The highest BCUT2D eigenvalue weighted by atomic mass is 32.1. The molecule has 0 saturated heterocycles. The van der Waals surface area contributed by atoms with Crippen LogP contribution in [0.25, 0.3) is 75.8 Å². The Morgan fingerprint density at radius 3 is 1.37 bits per heavy atom. The molecule has 2 aliphatic carbocycles. The molecule has 0 amide bonds. The molecule has 1 heterocycles. The number of rotatable bonds is 5. The lowest BCUT2D eigenvalue weighted by atomic mass is 9.65. The fourth-order valence-corrected chi connectivity index (χ4v) is 12.0. The molecular formula is C61H39NS. The van der Waals surface area contributed by atoms with Gasteiger partial charge in [-0.3, -0.25) is 0 Å². The Hall–Kier alpha value is -7.78. The van der Waals surface area contributed by atoms with E-state index in [9.17, 15) is 0 Å². The lowest BCUT2D eigenvalue weighted by molar-refractivity contribution is 0.776. The zero-order valence-electron chi connectivity index (χ0n) is 34.4. The van der Waals surface area contributed by atoms with E-state index in [4.69, 9.17) is 0 Å². The molecule has 11 aromatic rings. The molecule has 2 aliphatic rings. The number of para-hydroxylation sites is 2. The average Bonchev–Trinajstić information content (AvgIpc) is 3.83. The second kappa shape index (κ2) is 14.1. The van der Waals surface area contributed by atoms with Gasteiger partial charge in [0.25, 0.3) is 0 Å². The van der Waals surface area contributed by atoms with Crippen molar-refractivity contribution in [2.75, 3.05) is 4.90 Å². The average molecular weight is 818 g/mol. The van der Waals surface area contributed by atoms with Crippen LogP contribution in [0.1, 0.15) is 22.3 Å². The van der Waals surface area contributed by atoms with E-state index in [1.54, 1.807) is 0 Å². The maximum absolute atomic E-state index is 2.55. The van der Waals surface area contributed by atoms with Crippen LogP contribution in [0.15, 0.2) is 237 Å². The van der Waals surface area contributed by atoms with Crippen molar-refractivity contribution in [3.05, 3.63) is 259 Å². The highest BCUT2D eigenvalue weighted by Crippen LogP contribution is 2.63. The lowest BCUT2D eigenvalue weighted by Crippen LogP contribution is -2.29. The molecule has 1 atom stereocenters. The van der Waals surface area contributed by atoms with E-state index in [0.717, 1.165) is 17.1 Å². The Bertz CT molecular complexity index is 3500. The Balaban J connectivity index is 1.18. The molecule has 13 rings (SSSR count). The molecule has 10 aromatic carbocycles. The number of benzene rings is 10. The SMILES string of the molecule is c1ccc(-c2ccccc2N(c2ccc3c(c2)C2(c4ccccc4-c4ccccc4-3)c3ccccc3-c3cc4c(cc32)sc2ccccc24)c2ccccc2-c2ccccc2)cc1. The van der Waals surface area contributed by atoms with Crippen molar-refractivity contribution in [1.82, 2.24) is 0 Å². The quantitative estimate of drug-likeness (QED) is 0.167. The third-order valence-electron chi connectivity index (χ3n) is 13.5. The van der Waals surface area contributed by atoms with E-state index in [0.29, 0.717) is 0 Å². The monoisotopic (exact) mass is 817 g/mol. The minimum absolute atomic E-state index is 0.638. The number of hydrogen-bond acceptors (Lipinski definition) is 2. The largest absolute Gasteiger partial charge is 0.309 e. The maximum atomic E-state index is 2.55. The number of thiophene rings is 1. The zero-order valence-corrected chi connectivity index (χ0v) is 35.2.